The van der Waals surface area contributed by atoms with Gasteiger partial charge in [0, 0.05) is 23.7 Å². The molecule has 106 valence electrons. The minimum absolute atomic E-state index is 0.591. The van der Waals surface area contributed by atoms with E-state index in [2.05, 4.69) is 42.0 Å². The molecule has 0 saturated heterocycles. The van der Waals surface area contributed by atoms with Crippen molar-refractivity contribution in [2.75, 3.05) is 0 Å². The molecular weight excluding hydrogens is 266 g/mol. The van der Waals surface area contributed by atoms with Crippen LogP contribution in [0.4, 0.5) is 0 Å². The highest BCUT2D eigenvalue weighted by molar-refractivity contribution is 7.98. The Morgan fingerprint density at radius 3 is 2.25 bits per heavy atom. The van der Waals surface area contributed by atoms with Crippen LogP contribution in [-0.4, -0.2) is 9.97 Å². The highest BCUT2D eigenvalue weighted by atomic mass is 32.2. The topological polar surface area (TPSA) is 51.8 Å². The Balaban J connectivity index is 2.13. The van der Waals surface area contributed by atoms with Gasteiger partial charge in [0.15, 0.2) is 5.16 Å². The van der Waals surface area contributed by atoms with Crippen molar-refractivity contribution >= 4 is 11.8 Å². The van der Waals surface area contributed by atoms with Crippen LogP contribution in [0.25, 0.3) is 0 Å². The highest BCUT2D eigenvalue weighted by Gasteiger charge is 2.07. The number of thioether (sulfide) groups is 1. The second kappa shape index (κ2) is 6.37. The number of nitrogens with zero attached hydrogens (tertiary/aromatic N) is 2. The Bertz CT molecular complexity index is 600. The smallest absolute Gasteiger partial charge is 0.188 e. The zero-order valence-electron chi connectivity index (χ0n) is 12.5. The Labute approximate surface area is 125 Å². The number of hydrogen-bond donors (Lipinski definition) is 1. The van der Waals surface area contributed by atoms with E-state index in [0.717, 1.165) is 22.3 Å². The van der Waals surface area contributed by atoms with Gasteiger partial charge in [-0.3, -0.25) is 0 Å². The molecule has 2 N–H and O–H groups in total. The first-order valence-electron chi connectivity index (χ1n) is 6.74. The third-order valence-electron chi connectivity index (χ3n) is 3.61. The molecule has 0 saturated carbocycles. The zero-order valence-corrected chi connectivity index (χ0v) is 13.3. The summed E-state index contributed by atoms with van der Waals surface area (Å²) in [5.41, 5.74) is 12.7. The Morgan fingerprint density at radius 2 is 1.70 bits per heavy atom. The molecule has 4 heteroatoms. The van der Waals surface area contributed by atoms with Gasteiger partial charge in [0.2, 0.25) is 0 Å². The van der Waals surface area contributed by atoms with Gasteiger partial charge in [0.1, 0.15) is 0 Å². The van der Waals surface area contributed by atoms with Gasteiger partial charge in [-0.25, -0.2) is 9.97 Å². The lowest BCUT2D eigenvalue weighted by molar-refractivity contribution is 0.880. The third kappa shape index (κ3) is 3.38. The number of hydrogen-bond acceptors (Lipinski definition) is 4. The highest BCUT2D eigenvalue weighted by Crippen LogP contribution is 2.23. The molecule has 0 aliphatic rings. The standard InChI is InChI=1S/C16H21N3S/c1-10-7-14(8-17)5-6-15(10)9-20-16-18-12(3)11(2)13(4)19-16/h5-7H,8-9,17H2,1-4H3. The average Bonchev–Trinajstić information content (AvgIpc) is 2.43. The molecule has 1 heterocycles. The van der Waals surface area contributed by atoms with E-state index in [4.69, 9.17) is 5.73 Å². The molecular formula is C16H21N3S. The molecule has 2 rings (SSSR count). The van der Waals surface area contributed by atoms with Crippen molar-refractivity contribution in [2.45, 2.75) is 45.1 Å². The van der Waals surface area contributed by atoms with E-state index >= 15 is 0 Å². The summed E-state index contributed by atoms with van der Waals surface area (Å²) in [6.45, 7) is 8.86. The average molecular weight is 287 g/mol. The minimum Gasteiger partial charge on any atom is -0.326 e. The fourth-order valence-electron chi connectivity index (χ4n) is 2.00. The third-order valence-corrected chi connectivity index (χ3v) is 4.51. The predicted octanol–water partition coefficient (Wildman–Crippen LogP) is 3.46. The van der Waals surface area contributed by atoms with Gasteiger partial charge < -0.3 is 5.73 Å². The first-order chi connectivity index (χ1) is 9.51. The van der Waals surface area contributed by atoms with Gasteiger partial charge in [-0.15, -0.1) is 0 Å². The number of aryl methyl sites for hydroxylation is 3. The Kier molecular flexibility index (Phi) is 4.78. The van der Waals surface area contributed by atoms with E-state index in [1.54, 1.807) is 11.8 Å². The number of nitrogens with two attached hydrogens (primary N) is 1. The summed E-state index contributed by atoms with van der Waals surface area (Å²) in [7, 11) is 0. The van der Waals surface area contributed by atoms with Gasteiger partial charge in [-0.2, -0.15) is 0 Å². The maximum Gasteiger partial charge on any atom is 0.188 e. The molecule has 0 aliphatic heterocycles. The maximum atomic E-state index is 5.66. The molecule has 20 heavy (non-hydrogen) atoms. The van der Waals surface area contributed by atoms with E-state index in [1.165, 1.54) is 22.3 Å². The van der Waals surface area contributed by atoms with Gasteiger partial charge in [-0.05, 0) is 49.9 Å². The molecule has 0 radical (unpaired) electrons. The molecule has 0 spiro atoms. The van der Waals surface area contributed by atoms with Crippen molar-refractivity contribution in [3.8, 4) is 0 Å². The zero-order chi connectivity index (χ0) is 14.7. The van der Waals surface area contributed by atoms with Crippen LogP contribution in [0.1, 0.15) is 33.6 Å². The van der Waals surface area contributed by atoms with Gasteiger partial charge in [0.05, 0.1) is 0 Å². The van der Waals surface area contributed by atoms with Crippen molar-refractivity contribution in [1.82, 2.24) is 9.97 Å². The molecule has 1 aromatic carbocycles. The van der Waals surface area contributed by atoms with Crippen LogP contribution < -0.4 is 5.73 Å². The second-order valence-corrected chi connectivity index (χ2v) is 6.00. The van der Waals surface area contributed by atoms with Crippen molar-refractivity contribution in [3.05, 3.63) is 51.8 Å². The molecule has 0 bridgehead atoms. The van der Waals surface area contributed by atoms with Crippen molar-refractivity contribution < 1.29 is 0 Å². The summed E-state index contributed by atoms with van der Waals surface area (Å²) in [5.74, 6) is 0.888. The van der Waals surface area contributed by atoms with Crippen LogP contribution >= 0.6 is 11.8 Å². The first kappa shape index (κ1) is 15.0. The molecule has 0 unspecified atom stereocenters. The molecule has 0 amide bonds. The molecule has 1 aromatic heterocycles. The fourth-order valence-corrected chi connectivity index (χ4v) is 3.01. The largest absolute Gasteiger partial charge is 0.326 e. The molecule has 2 aromatic rings. The summed E-state index contributed by atoms with van der Waals surface area (Å²) in [6.07, 6.45) is 0. The van der Waals surface area contributed by atoms with Crippen LogP contribution in [-0.2, 0) is 12.3 Å². The van der Waals surface area contributed by atoms with Gasteiger partial charge >= 0.3 is 0 Å². The molecule has 3 nitrogen and oxygen atoms in total. The van der Waals surface area contributed by atoms with E-state index in [-0.39, 0.29) is 0 Å². The lowest BCUT2D eigenvalue weighted by atomic mass is 10.1. The summed E-state index contributed by atoms with van der Waals surface area (Å²) in [6, 6.07) is 6.40. The van der Waals surface area contributed by atoms with Gasteiger partial charge in [0.25, 0.3) is 0 Å². The SMILES string of the molecule is Cc1cc(CN)ccc1CSc1nc(C)c(C)c(C)n1. The van der Waals surface area contributed by atoms with Crippen molar-refractivity contribution in [1.29, 1.82) is 0 Å². The monoisotopic (exact) mass is 287 g/mol. The van der Waals surface area contributed by atoms with Crippen LogP contribution in [0, 0.1) is 27.7 Å². The Morgan fingerprint density at radius 1 is 1.05 bits per heavy atom. The summed E-state index contributed by atoms with van der Waals surface area (Å²) >= 11 is 1.68. The van der Waals surface area contributed by atoms with Crippen LogP contribution in [0.5, 0.6) is 0 Å². The van der Waals surface area contributed by atoms with Gasteiger partial charge in [-0.1, -0.05) is 30.0 Å². The number of benzene rings is 1. The first-order valence-corrected chi connectivity index (χ1v) is 7.73. The van der Waals surface area contributed by atoms with E-state index in [0.29, 0.717) is 6.54 Å². The lowest BCUT2D eigenvalue weighted by Crippen LogP contribution is -1.99. The summed E-state index contributed by atoms with van der Waals surface area (Å²) in [4.78, 5) is 9.09. The van der Waals surface area contributed by atoms with E-state index in [9.17, 15) is 0 Å². The second-order valence-electron chi connectivity index (χ2n) is 5.06. The lowest BCUT2D eigenvalue weighted by Gasteiger charge is -2.09. The number of aromatic nitrogens is 2. The predicted molar refractivity (Wildman–Crippen MR) is 84.9 cm³/mol. The molecule has 0 aliphatic carbocycles. The van der Waals surface area contributed by atoms with Crippen LogP contribution in [0.15, 0.2) is 23.4 Å². The van der Waals surface area contributed by atoms with Crippen LogP contribution in [0.3, 0.4) is 0 Å². The van der Waals surface area contributed by atoms with Crippen molar-refractivity contribution in [3.63, 3.8) is 0 Å². The van der Waals surface area contributed by atoms with E-state index < -0.39 is 0 Å². The fraction of sp³-hybridized carbons (Fsp3) is 0.375. The summed E-state index contributed by atoms with van der Waals surface area (Å²) < 4.78 is 0. The molecule has 0 fully saturated rings. The Hall–Kier alpha value is -1.39. The normalized spacial score (nSPS) is 10.8. The quantitative estimate of drug-likeness (QED) is 0.691. The van der Waals surface area contributed by atoms with E-state index in [1.807, 2.05) is 13.8 Å². The van der Waals surface area contributed by atoms with Crippen LogP contribution in [0.2, 0.25) is 0 Å². The summed E-state index contributed by atoms with van der Waals surface area (Å²) in [5, 5.41) is 0.855. The molecule has 0 atom stereocenters. The number of rotatable bonds is 4. The minimum atomic E-state index is 0.591. The van der Waals surface area contributed by atoms with Crippen molar-refractivity contribution in [2.24, 2.45) is 5.73 Å². The maximum absolute atomic E-state index is 5.66.